The molecule has 1 N–H and O–H groups in total. The molecule has 0 unspecified atom stereocenters. The van der Waals surface area contributed by atoms with Crippen molar-refractivity contribution in [1.29, 1.82) is 0 Å². The molecular formula is C14H22N2O4. The maximum atomic E-state index is 11.1. The predicted octanol–water partition coefficient (Wildman–Crippen LogP) is 2.51. The second-order valence-electron chi connectivity index (χ2n) is 5.50. The van der Waals surface area contributed by atoms with Crippen LogP contribution in [0.1, 0.15) is 26.3 Å². The summed E-state index contributed by atoms with van der Waals surface area (Å²) in [5.41, 5.74) is 0.794. The van der Waals surface area contributed by atoms with Gasteiger partial charge in [0.15, 0.2) is 5.75 Å². The molecule has 0 aliphatic carbocycles. The fourth-order valence-corrected chi connectivity index (χ4v) is 1.54. The van der Waals surface area contributed by atoms with Crippen LogP contribution in [-0.4, -0.2) is 30.8 Å². The summed E-state index contributed by atoms with van der Waals surface area (Å²) in [6.07, 6.45) is 0. The Morgan fingerprint density at radius 2 is 2.00 bits per heavy atom. The van der Waals surface area contributed by atoms with Crippen molar-refractivity contribution in [2.75, 3.05) is 20.3 Å². The summed E-state index contributed by atoms with van der Waals surface area (Å²) in [4.78, 5) is 10.7. The molecule has 0 fully saturated rings. The molecule has 6 nitrogen and oxygen atoms in total. The van der Waals surface area contributed by atoms with Crippen LogP contribution in [0.4, 0.5) is 5.69 Å². The van der Waals surface area contributed by atoms with Gasteiger partial charge in [-0.05, 0) is 32.4 Å². The van der Waals surface area contributed by atoms with Crippen LogP contribution < -0.4 is 10.1 Å². The number of rotatable bonds is 7. The maximum Gasteiger partial charge on any atom is 0.311 e. The van der Waals surface area contributed by atoms with Crippen LogP contribution in [0.15, 0.2) is 18.2 Å². The number of nitro benzene ring substituents is 1. The van der Waals surface area contributed by atoms with Crippen molar-refractivity contribution in [2.24, 2.45) is 0 Å². The first-order chi connectivity index (χ1) is 9.33. The molecule has 0 saturated heterocycles. The van der Waals surface area contributed by atoms with Gasteiger partial charge in [0.2, 0.25) is 0 Å². The van der Waals surface area contributed by atoms with Gasteiger partial charge in [0, 0.05) is 25.3 Å². The van der Waals surface area contributed by atoms with Gasteiger partial charge in [-0.2, -0.15) is 0 Å². The number of nitrogens with one attached hydrogen (secondary N) is 1. The minimum Gasteiger partial charge on any atom is -0.484 e. The fourth-order valence-electron chi connectivity index (χ4n) is 1.54. The van der Waals surface area contributed by atoms with Gasteiger partial charge in [0.25, 0.3) is 0 Å². The lowest BCUT2D eigenvalue weighted by Crippen LogP contribution is -2.35. The molecular weight excluding hydrogens is 260 g/mol. The molecule has 0 aliphatic rings. The van der Waals surface area contributed by atoms with E-state index < -0.39 is 4.92 Å². The van der Waals surface area contributed by atoms with Gasteiger partial charge in [-0.15, -0.1) is 0 Å². The first-order valence-electron chi connectivity index (χ1n) is 6.47. The Morgan fingerprint density at radius 3 is 2.55 bits per heavy atom. The highest BCUT2D eigenvalue weighted by molar-refractivity contribution is 5.48. The molecule has 0 aliphatic heterocycles. The molecule has 20 heavy (non-hydrogen) atoms. The molecule has 0 spiro atoms. The van der Waals surface area contributed by atoms with E-state index in [0.717, 1.165) is 5.56 Å². The Morgan fingerprint density at radius 1 is 1.30 bits per heavy atom. The molecule has 0 atom stereocenters. The Balaban J connectivity index is 2.81. The van der Waals surface area contributed by atoms with Gasteiger partial charge in [0.1, 0.15) is 6.61 Å². The summed E-state index contributed by atoms with van der Waals surface area (Å²) in [6, 6.07) is 5.00. The van der Waals surface area contributed by atoms with Crippen LogP contribution in [0, 0.1) is 10.1 Å². The third-order valence-electron chi connectivity index (χ3n) is 2.59. The van der Waals surface area contributed by atoms with Gasteiger partial charge >= 0.3 is 5.69 Å². The number of methoxy groups -OCH3 is 1. The predicted molar refractivity (Wildman–Crippen MR) is 77.1 cm³/mol. The third kappa shape index (κ3) is 5.54. The van der Waals surface area contributed by atoms with Crippen LogP contribution in [0.3, 0.4) is 0 Å². The first kappa shape index (κ1) is 16.4. The number of hydrogen-bond acceptors (Lipinski definition) is 5. The van der Waals surface area contributed by atoms with Gasteiger partial charge < -0.3 is 14.8 Å². The third-order valence-corrected chi connectivity index (χ3v) is 2.59. The standard InChI is InChI=1S/C14H22N2O4/c1-14(2,3)15-10-11-5-6-13(20-8-7-19-4)12(9-11)16(17)18/h5-6,9,15H,7-8,10H2,1-4H3. The number of nitro groups is 1. The summed E-state index contributed by atoms with van der Waals surface area (Å²) in [5, 5.41) is 14.4. The van der Waals surface area contributed by atoms with E-state index in [-0.39, 0.29) is 23.6 Å². The zero-order valence-corrected chi connectivity index (χ0v) is 12.4. The van der Waals surface area contributed by atoms with Crippen molar-refractivity contribution >= 4 is 5.69 Å². The SMILES string of the molecule is COCCOc1ccc(CNC(C)(C)C)cc1[N+](=O)[O-]. The van der Waals surface area contributed by atoms with E-state index in [0.29, 0.717) is 13.2 Å². The molecule has 112 valence electrons. The number of ether oxygens (including phenoxy) is 2. The molecule has 6 heteroatoms. The smallest absolute Gasteiger partial charge is 0.311 e. The van der Waals surface area contributed by atoms with E-state index in [1.54, 1.807) is 19.2 Å². The highest BCUT2D eigenvalue weighted by Gasteiger charge is 2.17. The lowest BCUT2D eigenvalue weighted by molar-refractivity contribution is -0.386. The first-order valence-corrected chi connectivity index (χ1v) is 6.47. The number of nitrogens with zero attached hydrogens (tertiary/aromatic N) is 1. The summed E-state index contributed by atoms with van der Waals surface area (Å²) < 4.78 is 10.2. The van der Waals surface area contributed by atoms with Crippen LogP contribution >= 0.6 is 0 Å². The molecule has 0 saturated carbocycles. The Kier molecular flexibility index (Phi) is 5.91. The molecule has 1 aromatic carbocycles. The Labute approximate surface area is 119 Å². The van der Waals surface area contributed by atoms with Crippen molar-refractivity contribution in [1.82, 2.24) is 5.32 Å². The van der Waals surface area contributed by atoms with Crippen LogP contribution in [0.25, 0.3) is 0 Å². The second-order valence-corrected chi connectivity index (χ2v) is 5.50. The Bertz CT molecular complexity index is 455. The molecule has 0 aromatic heterocycles. The van der Waals surface area contributed by atoms with E-state index in [4.69, 9.17) is 9.47 Å². The highest BCUT2D eigenvalue weighted by Crippen LogP contribution is 2.28. The highest BCUT2D eigenvalue weighted by atomic mass is 16.6. The van der Waals surface area contributed by atoms with E-state index in [2.05, 4.69) is 5.32 Å². The summed E-state index contributed by atoms with van der Waals surface area (Å²) >= 11 is 0. The van der Waals surface area contributed by atoms with E-state index in [9.17, 15) is 10.1 Å². The van der Waals surface area contributed by atoms with Crippen LogP contribution in [0.5, 0.6) is 5.75 Å². The summed E-state index contributed by atoms with van der Waals surface area (Å²) in [7, 11) is 1.55. The minimum absolute atomic E-state index is 0.0192. The van der Waals surface area contributed by atoms with Crippen molar-refractivity contribution in [3.05, 3.63) is 33.9 Å². The topological polar surface area (TPSA) is 73.6 Å². The van der Waals surface area contributed by atoms with Crippen LogP contribution in [0.2, 0.25) is 0 Å². The van der Waals surface area contributed by atoms with Crippen LogP contribution in [-0.2, 0) is 11.3 Å². The molecule has 0 radical (unpaired) electrons. The molecule has 0 heterocycles. The normalized spacial score (nSPS) is 11.4. The van der Waals surface area contributed by atoms with E-state index >= 15 is 0 Å². The molecule has 1 rings (SSSR count). The summed E-state index contributed by atoms with van der Waals surface area (Å²) in [6.45, 7) is 7.39. The number of hydrogen-bond donors (Lipinski definition) is 1. The van der Waals surface area contributed by atoms with E-state index in [1.165, 1.54) is 0 Å². The lowest BCUT2D eigenvalue weighted by Gasteiger charge is -2.20. The van der Waals surface area contributed by atoms with E-state index in [1.807, 2.05) is 26.8 Å². The van der Waals surface area contributed by atoms with Gasteiger partial charge in [-0.3, -0.25) is 10.1 Å². The van der Waals surface area contributed by atoms with Crippen molar-refractivity contribution in [3.63, 3.8) is 0 Å². The van der Waals surface area contributed by atoms with Crippen molar-refractivity contribution in [2.45, 2.75) is 32.9 Å². The number of benzene rings is 1. The fraction of sp³-hybridized carbons (Fsp3) is 0.571. The quantitative estimate of drug-likeness (QED) is 0.472. The Hall–Kier alpha value is -1.66. The second kappa shape index (κ2) is 7.21. The summed E-state index contributed by atoms with van der Waals surface area (Å²) in [5.74, 6) is 0.270. The largest absolute Gasteiger partial charge is 0.484 e. The molecule has 1 aromatic rings. The molecule has 0 amide bonds. The minimum atomic E-state index is -0.428. The zero-order chi connectivity index (χ0) is 15.2. The van der Waals surface area contributed by atoms with Gasteiger partial charge in [-0.25, -0.2) is 0 Å². The average molecular weight is 282 g/mol. The monoisotopic (exact) mass is 282 g/mol. The molecule has 0 bridgehead atoms. The van der Waals surface area contributed by atoms with Crippen molar-refractivity contribution < 1.29 is 14.4 Å². The maximum absolute atomic E-state index is 11.1. The zero-order valence-electron chi connectivity index (χ0n) is 12.4. The van der Waals surface area contributed by atoms with Gasteiger partial charge in [0.05, 0.1) is 11.5 Å². The average Bonchev–Trinajstić information content (AvgIpc) is 2.36. The van der Waals surface area contributed by atoms with Crippen molar-refractivity contribution in [3.8, 4) is 5.75 Å². The van der Waals surface area contributed by atoms with Gasteiger partial charge in [-0.1, -0.05) is 6.07 Å². The lowest BCUT2D eigenvalue weighted by atomic mass is 10.1.